The first-order chi connectivity index (χ1) is 8.70. The monoisotopic (exact) mass is 245 g/mol. The molecule has 0 aliphatic carbocycles. The number of imidazole rings is 1. The van der Waals surface area contributed by atoms with Crippen molar-refractivity contribution in [3.8, 4) is 0 Å². The maximum absolute atomic E-state index is 6.11. The summed E-state index contributed by atoms with van der Waals surface area (Å²) < 4.78 is 7.72. The molecule has 1 fully saturated rings. The number of hydrogen-bond donors (Lipinski definition) is 1. The summed E-state index contributed by atoms with van der Waals surface area (Å²) in [6, 6.07) is 6.47. The van der Waals surface area contributed by atoms with E-state index in [2.05, 4.69) is 36.6 Å². The van der Waals surface area contributed by atoms with E-state index in [-0.39, 0.29) is 12.0 Å². The molecule has 0 amide bonds. The molecule has 4 heteroatoms. The minimum atomic E-state index is 0.0632. The average molecular weight is 245 g/mol. The van der Waals surface area contributed by atoms with Gasteiger partial charge in [0.25, 0.3) is 0 Å². The van der Waals surface area contributed by atoms with E-state index in [1.165, 1.54) is 11.1 Å². The van der Waals surface area contributed by atoms with Gasteiger partial charge in [-0.05, 0) is 31.5 Å². The molecule has 0 spiro atoms. The van der Waals surface area contributed by atoms with Gasteiger partial charge in [-0.1, -0.05) is 6.07 Å². The van der Waals surface area contributed by atoms with Crippen LogP contribution < -0.4 is 5.73 Å². The molecule has 1 saturated heterocycles. The van der Waals surface area contributed by atoms with Crippen molar-refractivity contribution in [2.45, 2.75) is 32.4 Å². The number of nitrogens with two attached hydrogens (primary N) is 1. The predicted molar refractivity (Wildman–Crippen MR) is 71.7 cm³/mol. The number of ether oxygens (including phenoxy) is 1. The zero-order chi connectivity index (χ0) is 12.7. The van der Waals surface area contributed by atoms with Crippen molar-refractivity contribution in [1.29, 1.82) is 0 Å². The number of aromatic nitrogens is 2. The Morgan fingerprint density at radius 3 is 2.94 bits per heavy atom. The first kappa shape index (κ1) is 11.7. The number of nitrogens with zero attached hydrogens (tertiary/aromatic N) is 2. The highest BCUT2D eigenvalue weighted by Crippen LogP contribution is 2.28. The van der Waals surface area contributed by atoms with Crippen LogP contribution in [0.25, 0.3) is 11.0 Å². The van der Waals surface area contributed by atoms with E-state index < -0.39 is 0 Å². The van der Waals surface area contributed by atoms with Gasteiger partial charge in [-0.25, -0.2) is 4.98 Å². The quantitative estimate of drug-likeness (QED) is 0.878. The number of rotatable bonds is 2. The maximum atomic E-state index is 6.11. The molecule has 1 aliphatic heterocycles. The Kier molecular flexibility index (Phi) is 2.84. The van der Waals surface area contributed by atoms with E-state index >= 15 is 0 Å². The molecule has 1 aliphatic rings. The van der Waals surface area contributed by atoms with Crippen LogP contribution in [-0.4, -0.2) is 28.8 Å². The maximum Gasteiger partial charge on any atom is 0.116 e. The minimum Gasteiger partial charge on any atom is -0.379 e. The van der Waals surface area contributed by atoms with Crippen molar-refractivity contribution >= 4 is 11.0 Å². The van der Waals surface area contributed by atoms with Crippen LogP contribution in [0.15, 0.2) is 18.2 Å². The second kappa shape index (κ2) is 4.37. The SMILES string of the molecule is CCn1c(C2COCC2N)nc2cc(C)ccc21. The molecule has 1 aromatic carbocycles. The summed E-state index contributed by atoms with van der Waals surface area (Å²) in [7, 11) is 0. The fraction of sp³-hybridized carbons (Fsp3) is 0.500. The van der Waals surface area contributed by atoms with Gasteiger partial charge < -0.3 is 15.0 Å². The third-order valence-corrected chi connectivity index (χ3v) is 3.71. The first-order valence-corrected chi connectivity index (χ1v) is 6.50. The normalized spacial score (nSPS) is 23.9. The van der Waals surface area contributed by atoms with Crippen molar-refractivity contribution in [2.24, 2.45) is 5.73 Å². The number of hydrogen-bond acceptors (Lipinski definition) is 3. The summed E-state index contributed by atoms with van der Waals surface area (Å²) in [6.45, 7) is 6.47. The van der Waals surface area contributed by atoms with Crippen LogP contribution in [-0.2, 0) is 11.3 Å². The van der Waals surface area contributed by atoms with E-state index in [0.29, 0.717) is 13.2 Å². The van der Waals surface area contributed by atoms with Crippen LogP contribution in [0.1, 0.15) is 24.2 Å². The standard InChI is InChI=1S/C14H19N3O/c1-3-17-13-5-4-9(2)6-12(13)16-14(17)10-7-18-8-11(10)15/h4-6,10-11H,3,7-8,15H2,1-2H3. The third kappa shape index (κ3) is 1.72. The number of aryl methyl sites for hydroxylation is 2. The Morgan fingerprint density at radius 2 is 2.28 bits per heavy atom. The fourth-order valence-electron chi connectivity index (χ4n) is 2.71. The van der Waals surface area contributed by atoms with Gasteiger partial charge >= 0.3 is 0 Å². The Labute approximate surface area is 107 Å². The molecule has 3 rings (SSSR count). The van der Waals surface area contributed by atoms with Gasteiger partial charge in [0.15, 0.2) is 0 Å². The molecule has 4 nitrogen and oxygen atoms in total. The number of fused-ring (bicyclic) bond motifs is 1. The lowest BCUT2D eigenvalue weighted by Gasteiger charge is -2.14. The Balaban J connectivity index is 2.16. The fourth-order valence-corrected chi connectivity index (χ4v) is 2.71. The molecule has 96 valence electrons. The molecule has 18 heavy (non-hydrogen) atoms. The van der Waals surface area contributed by atoms with Crippen LogP contribution in [0.5, 0.6) is 0 Å². The van der Waals surface area contributed by atoms with Gasteiger partial charge in [0.1, 0.15) is 5.82 Å². The van der Waals surface area contributed by atoms with Crippen LogP contribution in [0.4, 0.5) is 0 Å². The van der Waals surface area contributed by atoms with Gasteiger partial charge in [0, 0.05) is 12.6 Å². The van der Waals surface area contributed by atoms with Crippen LogP contribution in [0.2, 0.25) is 0 Å². The zero-order valence-electron chi connectivity index (χ0n) is 10.9. The lowest BCUT2D eigenvalue weighted by Crippen LogP contribution is -2.28. The molecule has 2 atom stereocenters. The van der Waals surface area contributed by atoms with E-state index in [1.807, 2.05) is 0 Å². The summed E-state index contributed by atoms with van der Waals surface area (Å²) in [5.41, 5.74) is 9.60. The van der Waals surface area contributed by atoms with E-state index in [4.69, 9.17) is 15.5 Å². The van der Waals surface area contributed by atoms with Crippen molar-refractivity contribution in [1.82, 2.24) is 9.55 Å². The van der Waals surface area contributed by atoms with Crippen LogP contribution in [0, 0.1) is 6.92 Å². The molecular formula is C14H19N3O. The third-order valence-electron chi connectivity index (χ3n) is 3.71. The molecule has 2 heterocycles. The van der Waals surface area contributed by atoms with Gasteiger partial charge in [-0.2, -0.15) is 0 Å². The zero-order valence-corrected chi connectivity index (χ0v) is 10.9. The summed E-state index contributed by atoms with van der Waals surface area (Å²) in [5.74, 6) is 1.29. The molecule has 0 bridgehead atoms. The summed E-state index contributed by atoms with van der Waals surface area (Å²) >= 11 is 0. The highest BCUT2D eigenvalue weighted by atomic mass is 16.5. The second-order valence-corrected chi connectivity index (χ2v) is 5.01. The highest BCUT2D eigenvalue weighted by molar-refractivity contribution is 5.77. The van der Waals surface area contributed by atoms with Gasteiger partial charge in [-0.15, -0.1) is 0 Å². The molecule has 2 aromatic rings. The first-order valence-electron chi connectivity index (χ1n) is 6.50. The van der Waals surface area contributed by atoms with Crippen LogP contribution in [0.3, 0.4) is 0 Å². The average Bonchev–Trinajstić information content (AvgIpc) is 2.91. The Morgan fingerprint density at radius 1 is 1.44 bits per heavy atom. The molecule has 1 aromatic heterocycles. The van der Waals surface area contributed by atoms with Crippen molar-refractivity contribution in [3.63, 3.8) is 0 Å². The molecule has 0 saturated carbocycles. The van der Waals surface area contributed by atoms with E-state index in [0.717, 1.165) is 17.9 Å². The van der Waals surface area contributed by atoms with Gasteiger partial charge in [0.05, 0.1) is 30.2 Å². The van der Waals surface area contributed by atoms with Crippen molar-refractivity contribution in [2.75, 3.05) is 13.2 Å². The smallest absolute Gasteiger partial charge is 0.116 e. The largest absolute Gasteiger partial charge is 0.379 e. The van der Waals surface area contributed by atoms with Gasteiger partial charge in [-0.3, -0.25) is 0 Å². The van der Waals surface area contributed by atoms with Crippen molar-refractivity contribution in [3.05, 3.63) is 29.6 Å². The van der Waals surface area contributed by atoms with Crippen molar-refractivity contribution < 1.29 is 4.74 Å². The molecule has 2 N–H and O–H groups in total. The highest BCUT2D eigenvalue weighted by Gasteiger charge is 2.30. The molecule has 0 radical (unpaired) electrons. The van der Waals surface area contributed by atoms with E-state index in [1.54, 1.807) is 0 Å². The summed E-state index contributed by atoms with van der Waals surface area (Å²) in [5, 5.41) is 0. The molecule has 2 unspecified atom stereocenters. The van der Waals surface area contributed by atoms with Gasteiger partial charge in [0.2, 0.25) is 0 Å². The minimum absolute atomic E-state index is 0.0632. The molecular weight excluding hydrogens is 226 g/mol. The Bertz CT molecular complexity index is 576. The predicted octanol–water partition coefficient (Wildman–Crippen LogP) is 1.81. The Hall–Kier alpha value is -1.39. The van der Waals surface area contributed by atoms with Crippen LogP contribution >= 0.6 is 0 Å². The topological polar surface area (TPSA) is 53.1 Å². The lowest BCUT2D eigenvalue weighted by molar-refractivity contribution is 0.190. The van der Waals surface area contributed by atoms with E-state index in [9.17, 15) is 0 Å². The summed E-state index contributed by atoms with van der Waals surface area (Å²) in [4.78, 5) is 4.78. The summed E-state index contributed by atoms with van der Waals surface area (Å²) in [6.07, 6.45) is 0. The lowest BCUT2D eigenvalue weighted by atomic mass is 10.0. The number of benzene rings is 1. The second-order valence-electron chi connectivity index (χ2n) is 5.01.